The maximum Gasteiger partial charge on any atom is 0.249 e. The van der Waals surface area contributed by atoms with Crippen LogP contribution < -0.4 is 5.32 Å². The quantitative estimate of drug-likeness (QED) is 0.864. The lowest BCUT2D eigenvalue weighted by atomic mass is 10.2. The molecule has 0 spiro atoms. The third kappa shape index (κ3) is 3.79. The van der Waals surface area contributed by atoms with Crippen molar-refractivity contribution in [2.75, 3.05) is 5.32 Å². The summed E-state index contributed by atoms with van der Waals surface area (Å²) >= 11 is 11.5. The van der Waals surface area contributed by atoms with E-state index in [9.17, 15) is 9.18 Å². The van der Waals surface area contributed by atoms with Crippen molar-refractivity contribution >= 4 is 41.0 Å². The number of amides is 1. The summed E-state index contributed by atoms with van der Waals surface area (Å²) < 4.78 is 13.5. The highest BCUT2D eigenvalue weighted by molar-refractivity contribution is 6.32. The van der Waals surface area contributed by atoms with Gasteiger partial charge in [0.2, 0.25) is 5.91 Å². The number of nitrogens with zero attached hydrogens (tertiary/aromatic N) is 1. The molecule has 1 aromatic carbocycles. The van der Waals surface area contributed by atoms with Crippen molar-refractivity contribution in [2.24, 2.45) is 0 Å². The van der Waals surface area contributed by atoms with Crippen LogP contribution in [0.2, 0.25) is 10.0 Å². The molecule has 0 aliphatic heterocycles. The molecule has 1 amide bonds. The third-order valence-corrected chi connectivity index (χ3v) is 2.93. The minimum Gasteiger partial charge on any atom is -0.307 e. The Labute approximate surface area is 125 Å². The van der Waals surface area contributed by atoms with E-state index in [1.165, 1.54) is 30.5 Å². The summed E-state index contributed by atoms with van der Waals surface area (Å²) in [5.74, 6) is -0.589. The molecule has 6 heteroatoms. The van der Waals surface area contributed by atoms with Crippen molar-refractivity contribution in [1.82, 2.24) is 4.98 Å². The number of aromatic nitrogens is 1. The Hall–Kier alpha value is -1.91. The van der Waals surface area contributed by atoms with Gasteiger partial charge in [-0.2, -0.15) is 0 Å². The van der Waals surface area contributed by atoms with Gasteiger partial charge in [-0.3, -0.25) is 4.79 Å². The number of rotatable bonds is 3. The van der Waals surface area contributed by atoms with Crippen LogP contribution in [0.5, 0.6) is 0 Å². The number of nitrogens with one attached hydrogen (secondary N) is 1. The first-order valence-corrected chi connectivity index (χ1v) is 6.36. The molecule has 2 aromatic rings. The second kappa shape index (κ2) is 6.50. The fourth-order valence-corrected chi connectivity index (χ4v) is 1.78. The van der Waals surface area contributed by atoms with Gasteiger partial charge in [0, 0.05) is 17.8 Å². The molecule has 0 saturated heterocycles. The zero-order chi connectivity index (χ0) is 14.5. The third-order valence-electron chi connectivity index (χ3n) is 2.38. The molecule has 0 unspecified atom stereocenters. The summed E-state index contributed by atoms with van der Waals surface area (Å²) in [4.78, 5) is 15.6. The lowest BCUT2D eigenvalue weighted by Gasteiger charge is -2.01. The maximum atomic E-state index is 13.5. The van der Waals surface area contributed by atoms with Crippen LogP contribution in [0.25, 0.3) is 6.08 Å². The minimum atomic E-state index is -0.494. The fourth-order valence-electron chi connectivity index (χ4n) is 1.45. The fraction of sp³-hybridized carbons (Fsp3) is 0. The number of benzene rings is 1. The van der Waals surface area contributed by atoms with Crippen molar-refractivity contribution in [2.45, 2.75) is 0 Å². The molecule has 0 radical (unpaired) electrons. The van der Waals surface area contributed by atoms with E-state index in [1.807, 2.05) is 0 Å². The Morgan fingerprint density at radius 1 is 1.25 bits per heavy atom. The predicted molar refractivity (Wildman–Crippen MR) is 78.3 cm³/mol. The summed E-state index contributed by atoms with van der Waals surface area (Å²) in [6.45, 7) is 0. The molecule has 0 fully saturated rings. The van der Waals surface area contributed by atoms with Crippen LogP contribution in [0, 0.1) is 5.82 Å². The highest BCUT2D eigenvalue weighted by Crippen LogP contribution is 2.20. The zero-order valence-electron chi connectivity index (χ0n) is 10.1. The molecule has 3 nitrogen and oxygen atoms in total. The lowest BCUT2D eigenvalue weighted by Crippen LogP contribution is -2.08. The Bertz CT molecular complexity index is 636. The van der Waals surface area contributed by atoms with Crippen molar-refractivity contribution in [3.8, 4) is 0 Å². The van der Waals surface area contributed by atoms with Crippen LogP contribution >= 0.6 is 23.2 Å². The van der Waals surface area contributed by atoms with Crippen molar-refractivity contribution in [3.05, 3.63) is 64.0 Å². The molecule has 0 saturated carbocycles. The van der Waals surface area contributed by atoms with Crippen molar-refractivity contribution < 1.29 is 9.18 Å². The SMILES string of the molecule is O=C(/C=C/c1c(F)cccc1Cl)Nc1ccc(Cl)cn1. The number of hydrogen-bond acceptors (Lipinski definition) is 2. The van der Waals surface area contributed by atoms with Gasteiger partial charge in [0.1, 0.15) is 11.6 Å². The summed E-state index contributed by atoms with van der Waals surface area (Å²) in [5.41, 5.74) is 0.161. The Morgan fingerprint density at radius 3 is 2.70 bits per heavy atom. The highest BCUT2D eigenvalue weighted by atomic mass is 35.5. The van der Waals surface area contributed by atoms with Crippen LogP contribution in [0.4, 0.5) is 10.2 Å². The predicted octanol–water partition coefficient (Wildman–Crippen LogP) is 4.18. The Balaban J connectivity index is 2.08. The standard InChI is InChI=1S/C14H9Cl2FN2O/c15-9-4-6-13(18-8-9)19-14(20)7-5-10-11(16)2-1-3-12(10)17/h1-8H,(H,18,19,20)/b7-5+. The van der Waals surface area contributed by atoms with Gasteiger partial charge in [-0.15, -0.1) is 0 Å². The molecule has 0 aliphatic rings. The average Bonchev–Trinajstić information content (AvgIpc) is 2.41. The molecule has 0 atom stereocenters. The second-order valence-electron chi connectivity index (χ2n) is 3.82. The normalized spacial score (nSPS) is 10.8. The Morgan fingerprint density at radius 2 is 2.05 bits per heavy atom. The van der Waals surface area contributed by atoms with E-state index in [1.54, 1.807) is 18.2 Å². The molecular formula is C14H9Cl2FN2O. The topological polar surface area (TPSA) is 42.0 Å². The smallest absolute Gasteiger partial charge is 0.249 e. The van der Waals surface area contributed by atoms with Gasteiger partial charge in [-0.05, 0) is 30.3 Å². The van der Waals surface area contributed by atoms with Gasteiger partial charge in [-0.1, -0.05) is 29.3 Å². The van der Waals surface area contributed by atoms with Crippen molar-refractivity contribution in [3.63, 3.8) is 0 Å². The maximum absolute atomic E-state index is 13.5. The molecule has 1 N–H and O–H groups in total. The Kier molecular flexibility index (Phi) is 4.71. The van der Waals surface area contributed by atoms with E-state index in [-0.39, 0.29) is 10.6 Å². The van der Waals surface area contributed by atoms with Gasteiger partial charge in [0.25, 0.3) is 0 Å². The minimum absolute atomic E-state index is 0.161. The highest BCUT2D eigenvalue weighted by Gasteiger charge is 2.04. The number of pyridine rings is 1. The number of carbonyl (C=O) groups excluding carboxylic acids is 1. The second-order valence-corrected chi connectivity index (χ2v) is 4.66. The lowest BCUT2D eigenvalue weighted by molar-refractivity contribution is -0.111. The van der Waals surface area contributed by atoms with Crippen LogP contribution in [-0.2, 0) is 4.79 Å². The van der Waals surface area contributed by atoms with E-state index < -0.39 is 11.7 Å². The average molecular weight is 311 g/mol. The molecule has 1 heterocycles. The van der Waals surface area contributed by atoms with Crippen LogP contribution in [0.3, 0.4) is 0 Å². The van der Waals surface area contributed by atoms with Gasteiger partial charge in [-0.25, -0.2) is 9.37 Å². The van der Waals surface area contributed by atoms with E-state index in [0.29, 0.717) is 10.8 Å². The van der Waals surface area contributed by atoms with Gasteiger partial charge < -0.3 is 5.32 Å². The molecule has 20 heavy (non-hydrogen) atoms. The van der Waals surface area contributed by atoms with E-state index >= 15 is 0 Å². The number of hydrogen-bond donors (Lipinski definition) is 1. The molecule has 0 aliphatic carbocycles. The first kappa shape index (κ1) is 14.5. The molecule has 102 valence electrons. The first-order chi connectivity index (χ1) is 9.56. The van der Waals surface area contributed by atoms with Gasteiger partial charge in [0.15, 0.2) is 0 Å². The number of carbonyl (C=O) groups is 1. The molecule has 2 rings (SSSR count). The van der Waals surface area contributed by atoms with E-state index in [4.69, 9.17) is 23.2 Å². The largest absolute Gasteiger partial charge is 0.307 e. The molecule has 1 aromatic heterocycles. The zero-order valence-corrected chi connectivity index (χ0v) is 11.6. The summed E-state index contributed by atoms with van der Waals surface area (Å²) in [6.07, 6.45) is 3.90. The van der Waals surface area contributed by atoms with E-state index in [0.717, 1.165) is 0 Å². The number of anilines is 1. The van der Waals surface area contributed by atoms with Crippen LogP contribution in [0.1, 0.15) is 5.56 Å². The first-order valence-electron chi connectivity index (χ1n) is 5.61. The van der Waals surface area contributed by atoms with Crippen LogP contribution in [-0.4, -0.2) is 10.9 Å². The number of halogens is 3. The summed E-state index contributed by atoms with van der Waals surface area (Å²) in [5, 5.41) is 3.22. The van der Waals surface area contributed by atoms with E-state index in [2.05, 4.69) is 10.3 Å². The van der Waals surface area contributed by atoms with Gasteiger partial charge >= 0.3 is 0 Å². The molecule has 0 bridgehead atoms. The molecular weight excluding hydrogens is 302 g/mol. The van der Waals surface area contributed by atoms with Gasteiger partial charge in [0.05, 0.1) is 10.0 Å². The summed E-state index contributed by atoms with van der Waals surface area (Å²) in [6, 6.07) is 7.46. The van der Waals surface area contributed by atoms with Crippen LogP contribution in [0.15, 0.2) is 42.6 Å². The summed E-state index contributed by atoms with van der Waals surface area (Å²) in [7, 11) is 0. The monoisotopic (exact) mass is 310 g/mol. The van der Waals surface area contributed by atoms with Crippen molar-refractivity contribution in [1.29, 1.82) is 0 Å².